The minimum absolute atomic E-state index is 0.00683. The highest BCUT2D eigenvalue weighted by Gasteiger charge is 2.27. The van der Waals surface area contributed by atoms with E-state index in [1.807, 2.05) is 0 Å². The Morgan fingerprint density at radius 2 is 2.25 bits per heavy atom. The minimum atomic E-state index is 0.00683. The number of hydrogen-bond donors (Lipinski definition) is 2. The van der Waals surface area contributed by atoms with Gasteiger partial charge in [0.05, 0.1) is 11.8 Å². The Morgan fingerprint density at radius 3 is 2.94 bits per heavy atom. The lowest BCUT2D eigenvalue weighted by Gasteiger charge is -2.35. The molecule has 0 atom stereocenters. The van der Waals surface area contributed by atoms with Crippen molar-refractivity contribution in [3.8, 4) is 6.07 Å². The van der Waals surface area contributed by atoms with Crippen LogP contribution < -0.4 is 10.6 Å². The van der Waals surface area contributed by atoms with Gasteiger partial charge < -0.3 is 10.6 Å². The maximum Gasteiger partial charge on any atom is 0.167 e. The summed E-state index contributed by atoms with van der Waals surface area (Å²) < 4.78 is 0. The first-order chi connectivity index (χ1) is 7.73. The third kappa shape index (κ3) is 2.28. The van der Waals surface area contributed by atoms with Crippen molar-refractivity contribution in [3.05, 3.63) is 17.8 Å². The smallest absolute Gasteiger partial charge is 0.167 e. The molecular formula is C11H15N5. The van der Waals surface area contributed by atoms with Gasteiger partial charge in [0.2, 0.25) is 0 Å². The molecule has 1 aliphatic heterocycles. The molecule has 84 valence electrons. The van der Waals surface area contributed by atoms with E-state index in [9.17, 15) is 0 Å². The van der Waals surface area contributed by atoms with Crippen molar-refractivity contribution in [1.29, 1.82) is 5.26 Å². The first-order valence-corrected chi connectivity index (χ1v) is 5.44. The molecule has 1 aliphatic rings. The second-order valence-electron chi connectivity index (χ2n) is 4.34. The molecule has 5 nitrogen and oxygen atoms in total. The average molecular weight is 217 g/mol. The van der Waals surface area contributed by atoms with Crippen molar-refractivity contribution in [2.24, 2.45) is 0 Å². The lowest BCUT2D eigenvalue weighted by atomic mass is 9.90. The van der Waals surface area contributed by atoms with Gasteiger partial charge in [-0.1, -0.05) is 0 Å². The second-order valence-corrected chi connectivity index (χ2v) is 4.34. The zero-order valence-electron chi connectivity index (χ0n) is 9.32. The highest BCUT2D eigenvalue weighted by Crippen LogP contribution is 2.23. The molecule has 0 unspecified atom stereocenters. The van der Waals surface area contributed by atoms with Crippen molar-refractivity contribution in [2.45, 2.75) is 25.3 Å². The molecule has 0 aromatic carbocycles. The van der Waals surface area contributed by atoms with E-state index in [0.717, 1.165) is 25.9 Å². The Hall–Kier alpha value is -1.67. The number of anilines is 1. The largest absolute Gasteiger partial charge is 0.362 e. The molecule has 1 saturated heterocycles. The maximum absolute atomic E-state index is 8.96. The van der Waals surface area contributed by atoms with Crippen LogP contribution in [0, 0.1) is 11.3 Å². The number of aromatic nitrogens is 2. The van der Waals surface area contributed by atoms with E-state index in [-0.39, 0.29) is 5.54 Å². The third-order valence-electron chi connectivity index (χ3n) is 2.97. The first-order valence-electron chi connectivity index (χ1n) is 5.44. The van der Waals surface area contributed by atoms with Crippen LogP contribution in [0.3, 0.4) is 0 Å². The van der Waals surface area contributed by atoms with Crippen LogP contribution >= 0.6 is 0 Å². The van der Waals surface area contributed by atoms with Crippen molar-refractivity contribution in [3.63, 3.8) is 0 Å². The number of nitriles is 1. The molecule has 1 aromatic rings. The lowest BCUT2D eigenvalue weighted by molar-refractivity contribution is 0.364. The van der Waals surface area contributed by atoms with Gasteiger partial charge in [0.1, 0.15) is 6.07 Å². The maximum atomic E-state index is 8.96. The van der Waals surface area contributed by atoms with E-state index in [1.165, 1.54) is 6.20 Å². The topological polar surface area (TPSA) is 73.6 Å². The van der Waals surface area contributed by atoms with E-state index in [4.69, 9.17) is 5.26 Å². The lowest BCUT2D eigenvalue weighted by Crippen LogP contribution is -2.45. The summed E-state index contributed by atoms with van der Waals surface area (Å²) in [4.78, 5) is 0. The van der Waals surface area contributed by atoms with Gasteiger partial charge in [0, 0.05) is 5.54 Å². The Balaban J connectivity index is 2.16. The van der Waals surface area contributed by atoms with Gasteiger partial charge in [0.25, 0.3) is 0 Å². The van der Waals surface area contributed by atoms with Gasteiger partial charge in [0.15, 0.2) is 5.82 Å². The third-order valence-corrected chi connectivity index (χ3v) is 2.97. The normalized spacial score (nSPS) is 18.8. The van der Waals surface area contributed by atoms with Crippen LogP contribution in [0.15, 0.2) is 12.3 Å². The summed E-state index contributed by atoms with van der Waals surface area (Å²) in [6.07, 6.45) is 3.58. The van der Waals surface area contributed by atoms with E-state index < -0.39 is 0 Å². The Labute approximate surface area is 94.9 Å². The fourth-order valence-corrected chi connectivity index (χ4v) is 1.90. The Kier molecular flexibility index (Phi) is 3.02. The van der Waals surface area contributed by atoms with Crippen LogP contribution in [-0.2, 0) is 0 Å². The number of rotatable bonds is 2. The predicted molar refractivity (Wildman–Crippen MR) is 60.9 cm³/mol. The summed E-state index contributed by atoms with van der Waals surface area (Å²) >= 11 is 0. The number of piperidine rings is 1. The Morgan fingerprint density at radius 1 is 1.50 bits per heavy atom. The number of hydrogen-bond acceptors (Lipinski definition) is 5. The zero-order valence-corrected chi connectivity index (χ0v) is 9.32. The summed E-state index contributed by atoms with van der Waals surface area (Å²) in [5.41, 5.74) is 0.558. The molecule has 0 aliphatic carbocycles. The van der Waals surface area contributed by atoms with Gasteiger partial charge in [-0.2, -0.15) is 10.4 Å². The van der Waals surface area contributed by atoms with E-state index >= 15 is 0 Å². The van der Waals surface area contributed by atoms with Crippen molar-refractivity contribution in [2.75, 3.05) is 18.4 Å². The van der Waals surface area contributed by atoms with Gasteiger partial charge in [-0.05, 0) is 38.9 Å². The van der Waals surface area contributed by atoms with Crippen LogP contribution in [0.5, 0.6) is 0 Å². The van der Waals surface area contributed by atoms with Crippen LogP contribution in [0.25, 0.3) is 0 Å². The van der Waals surface area contributed by atoms with Gasteiger partial charge in [-0.25, -0.2) is 0 Å². The molecule has 5 heteroatoms. The molecule has 0 saturated carbocycles. The Bertz CT molecular complexity index is 403. The second kappa shape index (κ2) is 4.45. The van der Waals surface area contributed by atoms with Crippen LogP contribution in [0.4, 0.5) is 5.82 Å². The van der Waals surface area contributed by atoms with Gasteiger partial charge in [-0.3, -0.25) is 0 Å². The highest BCUT2D eigenvalue weighted by atomic mass is 15.2. The summed E-state index contributed by atoms with van der Waals surface area (Å²) in [5, 5.41) is 23.4. The molecular weight excluding hydrogens is 202 g/mol. The summed E-state index contributed by atoms with van der Waals surface area (Å²) in [6, 6.07) is 3.80. The first kappa shape index (κ1) is 10.8. The van der Waals surface area contributed by atoms with E-state index in [1.54, 1.807) is 6.07 Å². The summed E-state index contributed by atoms with van der Waals surface area (Å²) in [7, 11) is 0. The molecule has 16 heavy (non-hydrogen) atoms. The molecule has 0 bridgehead atoms. The van der Waals surface area contributed by atoms with Crippen LogP contribution in [0.1, 0.15) is 25.3 Å². The fraction of sp³-hybridized carbons (Fsp3) is 0.545. The number of nitrogens with zero attached hydrogens (tertiary/aromatic N) is 3. The van der Waals surface area contributed by atoms with Crippen LogP contribution in [-0.4, -0.2) is 28.8 Å². The molecule has 2 rings (SSSR count). The summed E-state index contributed by atoms with van der Waals surface area (Å²) in [5.74, 6) is 0.592. The van der Waals surface area contributed by atoms with Gasteiger partial charge in [-0.15, -0.1) is 5.10 Å². The summed E-state index contributed by atoms with van der Waals surface area (Å²) in [6.45, 7) is 4.14. The molecule has 0 spiro atoms. The van der Waals surface area contributed by atoms with Crippen molar-refractivity contribution >= 4 is 5.82 Å². The average Bonchev–Trinajstić information content (AvgIpc) is 2.30. The molecule has 0 amide bonds. The van der Waals surface area contributed by atoms with E-state index in [0.29, 0.717) is 11.4 Å². The van der Waals surface area contributed by atoms with Crippen LogP contribution in [0.2, 0.25) is 0 Å². The predicted octanol–water partition coefficient (Wildman–Crippen LogP) is 0.902. The fourth-order valence-electron chi connectivity index (χ4n) is 1.90. The molecule has 0 radical (unpaired) electrons. The number of nitrogens with one attached hydrogen (secondary N) is 2. The quantitative estimate of drug-likeness (QED) is 0.770. The SMILES string of the molecule is CC1(Nc2nnccc2C#N)CCNCC1. The standard InChI is InChI=1S/C11H15N5/c1-11(3-6-13-7-4-11)15-10-9(8-12)2-5-14-16-10/h2,5,13H,3-4,6-7H2,1H3,(H,15,16). The molecule has 1 aromatic heterocycles. The minimum Gasteiger partial charge on any atom is -0.362 e. The monoisotopic (exact) mass is 217 g/mol. The van der Waals surface area contributed by atoms with Crippen molar-refractivity contribution < 1.29 is 0 Å². The molecule has 2 heterocycles. The van der Waals surface area contributed by atoms with E-state index in [2.05, 4.69) is 33.8 Å². The highest BCUT2D eigenvalue weighted by molar-refractivity contribution is 5.51. The zero-order chi connectivity index (χ0) is 11.4. The van der Waals surface area contributed by atoms with Crippen molar-refractivity contribution in [1.82, 2.24) is 15.5 Å². The van der Waals surface area contributed by atoms with Gasteiger partial charge >= 0.3 is 0 Å². The molecule has 1 fully saturated rings. The molecule has 2 N–H and O–H groups in total.